The van der Waals surface area contributed by atoms with E-state index >= 15 is 0 Å². The molecule has 0 saturated carbocycles. The van der Waals surface area contributed by atoms with Crippen molar-refractivity contribution in [3.8, 4) is 0 Å². The van der Waals surface area contributed by atoms with E-state index in [-0.39, 0.29) is 25.5 Å². The first kappa shape index (κ1) is 24.8. The Kier molecular flexibility index (Phi) is 7.65. The fourth-order valence-corrected chi connectivity index (χ4v) is 4.83. The van der Waals surface area contributed by atoms with Gasteiger partial charge in [0.25, 0.3) is 0 Å². The molecule has 31 heavy (non-hydrogen) atoms. The number of amides is 1. The lowest BCUT2D eigenvalue weighted by Gasteiger charge is -2.31. The van der Waals surface area contributed by atoms with Gasteiger partial charge in [-0.05, 0) is 13.3 Å². The number of hydrogen-bond acceptors (Lipinski definition) is 9. The van der Waals surface area contributed by atoms with Gasteiger partial charge >= 0.3 is 15.2 Å². The first-order chi connectivity index (χ1) is 14.4. The molecular weight excluding hydrogens is 458 g/mol. The normalized spacial score (nSPS) is 35.1. The van der Waals surface area contributed by atoms with Gasteiger partial charge in [-0.15, -0.1) is 0 Å². The maximum atomic E-state index is 12.1. The number of carbonyl (C=O) groups is 1. The number of nitrogens with one attached hydrogen (secondary N) is 1. The van der Waals surface area contributed by atoms with E-state index in [0.29, 0.717) is 5.57 Å². The second-order valence-electron chi connectivity index (χ2n) is 7.62. The summed E-state index contributed by atoms with van der Waals surface area (Å²) in [6, 6.07) is 0. The summed E-state index contributed by atoms with van der Waals surface area (Å²) in [5, 5.41) is 2.69. The molecule has 0 spiro atoms. The van der Waals surface area contributed by atoms with Gasteiger partial charge in [0.15, 0.2) is 18.7 Å². The number of rotatable bonds is 10. The van der Waals surface area contributed by atoms with E-state index in [0.717, 1.165) is 6.66 Å². The third kappa shape index (κ3) is 6.58. The highest BCUT2D eigenvalue weighted by molar-refractivity contribution is 7.52. The van der Waals surface area contributed by atoms with Crippen molar-refractivity contribution in [2.24, 2.45) is 0 Å². The number of epoxide rings is 1. The predicted octanol–water partition coefficient (Wildman–Crippen LogP) is -0.471. The zero-order valence-electron chi connectivity index (χ0n) is 17.3. The molecule has 2 saturated heterocycles. The Balaban J connectivity index is 1.90. The molecule has 0 aromatic rings. The van der Waals surface area contributed by atoms with E-state index < -0.39 is 58.3 Å². The number of hydrogen-bond donors (Lipinski definition) is 4. The summed E-state index contributed by atoms with van der Waals surface area (Å²) in [5.41, 5.74) is 0.384. The minimum Gasteiger partial charge on any atom is -0.382 e. The summed E-state index contributed by atoms with van der Waals surface area (Å²) in [4.78, 5) is 42.1. The van der Waals surface area contributed by atoms with Crippen molar-refractivity contribution in [1.82, 2.24) is 10.2 Å². The van der Waals surface area contributed by atoms with Gasteiger partial charge in [-0.25, -0.2) is 0 Å². The van der Waals surface area contributed by atoms with Crippen molar-refractivity contribution in [3.05, 3.63) is 11.8 Å². The van der Waals surface area contributed by atoms with Crippen LogP contribution in [0.5, 0.6) is 0 Å². The van der Waals surface area contributed by atoms with Crippen LogP contribution in [0.25, 0.3) is 0 Å². The van der Waals surface area contributed by atoms with Crippen LogP contribution >= 0.6 is 15.2 Å². The molecule has 15 heteroatoms. The maximum absolute atomic E-state index is 12.1. The molecule has 178 valence electrons. The van der Waals surface area contributed by atoms with Crippen molar-refractivity contribution in [1.29, 1.82) is 0 Å². The fraction of sp³-hybridized carbons (Fsp3) is 0.812. The van der Waals surface area contributed by atoms with E-state index in [2.05, 4.69) is 5.32 Å². The number of ether oxygens (including phenoxy) is 4. The van der Waals surface area contributed by atoms with Crippen LogP contribution < -0.4 is 5.32 Å². The second kappa shape index (κ2) is 9.56. The van der Waals surface area contributed by atoms with Gasteiger partial charge in [0, 0.05) is 25.5 Å². The van der Waals surface area contributed by atoms with Crippen LogP contribution in [0.15, 0.2) is 11.8 Å². The fourth-order valence-electron chi connectivity index (χ4n) is 3.53. The maximum Gasteiger partial charge on any atom is 0.325 e. The number of methoxy groups -OCH3 is 1. The van der Waals surface area contributed by atoms with Crippen LogP contribution in [-0.2, 0) is 37.4 Å². The summed E-state index contributed by atoms with van der Waals surface area (Å²) in [6.07, 6.45) is -4.12. The summed E-state index contributed by atoms with van der Waals surface area (Å²) < 4.78 is 51.2. The van der Waals surface area contributed by atoms with Crippen LogP contribution in [0.1, 0.15) is 13.3 Å². The number of fused-ring (bicyclic) bond motifs is 1. The summed E-state index contributed by atoms with van der Waals surface area (Å²) >= 11 is 0. The first-order valence-electron chi connectivity index (χ1n) is 9.61. The van der Waals surface area contributed by atoms with E-state index in [9.17, 15) is 28.6 Å². The zero-order chi connectivity index (χ0) is 23.0. The second-order valence-corrected chi connectivity index (χ2v) is 11.2. The van der Waals surface area contributed by atoms with Crippen LogP contribution in [0, 0.1) is 0 Å². The molecule has 1 amide bonds. The van der Waals surface area contributed by atoms with Crippen LogP contribution in [0.3, 0.4) is 0 Å². The summed E-state index contributed by atoms with van der Waals surface area (Å²) in [5.74, 6) is -0.316. The topological polar surface area (TPSA) is 177 Å². The predicted molar refractivity (Wildman–Crippen MR) is 105 cm³/mol. The van der Waals surface area contributed by atoms with Crippen LogP contribution in [0.4, 0.5) is 0 Å². The molecule has 3 aliphatic heterocycles. The molecule has 2 fully saturated rings. The first-order valence-corrected chi connectivity index (χ1v) is 13.4. The molecule has 3 aliphatic rings. The Bertz CT molecular complexity index is 796. The zero-order valence-corrected chi connectivity index (χ0v) is 19.1. The molecular formula is C16H28N2O11P2. The SMILES string of the molecule is COCCOC1C(OP(C)(=O)O)C(CCP(=O)(O)O)OC1N1C=C(C)C(=O)NC2OC21. The smallest absolute Gasteiger partial charge is 0.325 e. The number of nitrogens with zero attached hydrogens (tertiary/aromatic N) is 1. The minimum absolute atomic E-state index is 0.105. The molecule has 0 aliphatic carbocycles. The van der Waals surface area contributed by atoms with Crippen molar-refractivity contribution < 1.29 is 52.1 Å². The largest absolute Gasteiger partial charge is 0.382 e. The Morgan fingerprint density at radius 2 is 1.87 bits per heavy atom. The van der Waals surface area contributed by atoms with Crippen LogP contribution in [-0.4, -0.2) is 95.6 Å². The summed E-state index contributed by atoms with van der Waals surface area (Å²) in [6.45, 7) is 2.94. The Morgan fingerprint density at radius 1 is 1.16 bits per heavy atom. The average Bonchev–Trinajstić information content (AvgIpc) is 3.33. The van der Waals surface area contributed by atoms with Crippen LogP contribution in [0.2, 0.25) is 0 Å². The van der Waals surface area contributed by atoms with Gasteiger partial charge in [-0.1, -0.05) is 0 Å². The molecule has 13 nitrogen and oxygen atoms in total. The lowest BCUT2D eigenvalue weighted by molar-refractivity contribution is -0.118. The molecule has 0 aromatic carbocycles. The van der Waals surface area contributed by atoms with Gasteiger partial charge in [0.2, 0.25) is 5.91 Å². The molecule has 7 atom stereocenters. The number of carbonyl (C=O) groups excluding carboxylic acids is 1. The van der Waals surface area contributed by atoms with E-state index in [4.69, 9.17) is 23.5 Å². The monoisotopic (exact) mass is 486 g/mol. The molecule has 0 radical (unpaired) electrons. The third-order valence-corrected chi connectivity index (χ3v) is 6.41. The molecule has 3 rings (SSSR count). The third-order valence-electron chi connectivity index (χ3n) is 4.94. The van der Waals surface area contributed by atoms with E-state index in [1.807, 2.05) is 0 Å². The quantitative estimate of drug-likeness (QED) is 0.178. The average molecular weight is 486 g/mol. The van der Waals surface area contributed by atoms with E-state index in [1.54, 1.807) is 11.8 Å². The van der Waals surface area contributed by atoms with Gasteiger partial charge in [0.05, 0.1) is 25.5 Å². The molecule has 4 N–H and O–H groups in total. The Morgan fingerprint density at radius 3 is 2.48 bits per heavy atom. The molecule has 0 bridgehead atoms. The van der Waals surface area contributed by atoms with Crippen molar-refractivity contribution in [2.45, 2.75) is 50.3 Å². The lowest BCUT2D eigenvalue weighted by atomic mass is 10.1. The van der Waals surface area contributed by atoms with Crippen molar-refractivity contribution in [3.63, 3.8) is 0 Å². The highest BCUT2D eigenvalue weighted by Crippen LogP contribution is 2.47. The molecule has 3 heterocycles. The van der Waals surface area contributed by atoms with Crippen molar-refractivity contribution in [2.75, 3.05) is 33.2 Å². The highest BCUT2D eigenvalue weighted by atomic mass is 31.2. The molecule has 7 unspecified atom stereocenters. The standard InChI is InChI=1S/C16H28N2O11P2/c1-9-8-18(16-14(28-16)17-13(9)19)15-12(26-6-5-25-2)11(29-30(3,20)21)10(27-15)4-7-31(22,23)24/h8,10-12,14-16H,4-7H2,1-3H3,(H,17,19)(H,20,21)(H2,22,23,24). The van der Waals surface area contributed by atoms with Gasteiger partial charge < -0.3 is 43.8 Å². The Hall–Kier alpha value is -0.850. The Labute approximate surface area is 179 Å². The minimum atomic E-state index is -4.36. The van der Waals surface area contributed by atoms with Gasteiger partial charge in [-0.3, -0.25) is 18.4 Å². The van der Waals surface area contributed by atoms with Crippen molar-refractivity contribution >= 4 is 21.1 Å². The van der Waals surface area contributed by atoms with Gasteiger partial charge in [0.1, 0.15) is 12.2 Å². The van der Waals surface area contributed by atoms with Gasteiger partial charge in [-0.2, -0.15) is 0 Å². The summed E-state index contributed by atoms with van der Waals surface area (Å²) in [7, 11) is -6.88. The lowest BCUT2D eigenvalue weighted by Crippen LogP contribution is -2.46. The molecule has 0 aromatic heterocycles. The van der Waals surface area contributed by atoms with E-state index in [1.165, 1.54) is 13.3 Å². The highest BCUT2D eigenvalue weighted by Gasteiger charge is 2.56.